The van der Waals surface area contributed by atoms with Crippen molar-refractivity contribution in [3.05, 3.63) is 90.0 Å². The number of benzene rings is 4. The lowest BCUT2D eigenvalue weighted by molar-refractivity contribution is -0.118. The Morgan fingerprint density at radius 2 is 1.81 bits per heavy atom. The lowest BCUT2D eigenvalue weighted by Gasteiger charge is -2.10. The van der Waals surface area contributed by atoms with Crippen LogP contribution in [0.4, 0.5) is 5.69 Å². The number of carbonyl (C=O) groups excluding carboxylic acids is 1. The number of anilines is 1. The van der Waals surface area contributed by atoms with E-state index in [-0.39, 0.29) is 12.5 Å². The summed E-state index contributed by atoms with van der Waals surface area (Å²) >= 11 is 5.95. The zero-order chi connectivity index (χ0) is 21.2. The Hall–Kier alpha value is -3.83. The Balaban J connectivity index is 1.41. The SMILES string of the molecule is O=C(COc1cccc(Cl)c1)Nc1ccccc1-c1nc2c(ccc3ccccc32)o1. The molecule has 1 N–H and O–H groups in total. The second kappa shape index (κ2) is 8.13. The molecule has 0 unspecified atom stereocenters. The zero-order valence-electron chi connectivity index (χ0n) is 16.3. The maximum atomic E-state index is 12.5. The third kappa shape index (κ3) is 3.96. The molecule has 1 aromatic heterocycles. The van der Waals surface area contributed by atoms with Gasteiger partial charge in [-0.25, -0.2) is 4.98 Å². The third-order valence-corrected chi connectivity index (χ3v) is 5.12. The first kappa shape index (κ1) is 19.2. The molecule has 0 saturated heterocycles. The van der Waals surface area contributed by atoms with E-state index in [1.165, 1.54) is 0 Å². The first-order valence-corrected chi connectivity index (χ1v) is 10.1. The fourth-order valence-corrected chi connectivity index (χ4v) is 3.63. The van der Waals surface area contributed by atoms with Crippen molar-refractivity contribution < 1.29 is 13.9 Å². The molecular formula is C25H17ClN2O3. The molecule has 31 heavy (non-hydrogen) atoms. The van der Waals surface area contributed by atoms with Gasteiger partial charge in [0.2, 0.25) is 5.89 Å². The summed E-state index contributed by atoms with van der Waals surface area (Å²) in [6.07, 6.45) is 0. The van der Waals surface area contributed by atoms with Crippen LogP contribution < -0.4 is 10.1 Å². The summed E-state index contributed by atoms with van der Waals surface area (Å²) in [5.41, 5.74) is 2.77. The van der Waals surface area contributed by atoms with Crippen molar-refractivity contribution in [3.8, 4) is 17.2 Å². The lowest BCUT2D eigenvalue weighted by Crippen LogP contribution is -2.20. The number of ether oxygens (including phenoxy) is 1. The van der Waals surface area contributed by atoms with Gasteiger partial charge in [0.1, 0.15) is 11.3 Å². The molecule has 6 heteroatoms. The molecular weight excluding hydrogens is 412 g/mol. The van der Waals surface area contributed by atoms with Crippen LogP contribution in [0.3, 0.4) is 0 Å². The smallest absolute Gasteiger partial charge is 0.262 e. The molecule has 0 bridgehead atoms. The van der Waals surface area contributed by atoms with E-state index in [0.717, 1.165) is 16.3 Å². The summed E-state index contributed by atoms with van der Waals surface area (Å²) in [5.74, 6) is 0.675. The Kier molecular flexibility index (Phi) is 5.02. The monoisotopic (exact) mass is 428 g/mol. The van der Waals surface area contributed by atoms with Gasteiger partial charge in [-0.3, -0.25) is 4.79 Å². The summed E-state index contributed by atoms with van der Waals surface area (Å²) in [5, 5.41) is 5.54. The molecule has 1 heterocycles. The largest absolute Gasteiger partial charge is 0.484 e. The van der Waals surface area contributed by atoms with Gasteiger partial charge in [0.15, 0.2) is 12.2 Å². The average molecular weight is 429 g/mol. The van der Waals surface area contributed by atoms with E-state index in [1.807, 2.05) is 54.6 Å². The number of nitrogens with one attached hydrogen (secondary N) is 1. The Labute approximate surface area is 183 Å². The average Bonchev–Trinajstić information content (AvgIpc) is 3.23. The number of para-hydroxylation sites is 1. The predicted molar refractivity (Wildman–Crippen MR) is 123 cm³/mol. The molecule has 152 valence electrons. The summed E-state index contributed by atoms with van der Waals surface area (Å²) in [6.45, 7) is -0.146. The van der Waals surface area contributed by atoms with Crippen LogP contribution in [-0.2, 0) is 4.79 Å². The molecule has 0 aliphatic rings. The van der Waals surface area contributed by atoms with Crippen molar-refractivity contribution in [2.24, 2.45) is 0 Å². The first-order chi connectivity index (χ1) is 15.2. The van der Waals surface area contributed by atoms with Gasteiger partial charge in [-0.2, -0.15) is 0 Å². The van der Waals surface area contributed by atoms with Crippen molar-refractivity contribution in [3.63, 3.8) is 0 Å². The van der Waals surface area contributed by atoms with Crippen molar-refractivity contribution in [1.82, 2.24) is 4.98 Å². The Morgan fingerprint density at radius 3 is 2.71 bits per heavy atom. The summed E-state index contributed by atoms with van der Waals surface area (Å²) in [7, 11) is 0. The minimum atomic E-state index is -0.297. The van der Waals surface area contributed by atoms with Crippen molar-refractivity contribution in [2.75, 3.05) is 11.9 Å². The van der Waals surface area contributed by atoms with E-state index < -0.39 is 0 Å². The van der Waals surface area contributed by atoms with Gasteiger partial charge in [-0.15, -0.1) is 0 Å². The van der Waals surface area contributed by atoms with Crippen LogP contribution in [0.2, 0.25) is 5.02 Å². The van der Waals surface area contributed by atoms with Crippen LogP contribution >= 0.6 is 11.6 Å². The first-order valence-electron chi connectivity index (χ1n) is 9.73. The van der Waals surface area contributed by atoms with Gasteiger partial charge < -0.3 is 14.5 Å². The molecule has 0 fully saturated rings. The van der Waals surface area contributed by atoms with Gasteiger partial charge in [0.05, 0.1) is 11.3 Å². The predicted octanol–water partition coefficient (Wildman–Crippen LogP) is 6.32. The highest BCUT2D eigenvalue weighted by Gasteiger charge is 2.15. The van der Waals surface area contributed by atoms with Gasteiger partial charge >= 0.3 is 0 Å². The summed E-state index contributed by atoms with van der Waals surface area (Å²) in [4.78, 5) is 17.2. The highest BCUT2D eigenvalue weighted by Crippen LogP contribution is 2.33. The van der Waals surface area contributed by atoms with Crippen LogP contribution in [0, 0.1) is 0 Å². The van der Waals surface area contributed by atoms with Gasteiger partial charge in [-0.05, 0) is 41.8 Å². The van der Waals surface area contributed by atoms with Crippen molar-refractivity contribution in [1.29, 1.82) is 0 Å². The standard InChI is InChI=1S/C25H17ClN2O3/c26-17-7-5-8-18(14-17)30-15-23(29)27-21-11-4-3-10-20(21)25-28-24-19-9-2-1-6-16(19)12-13-22(24)31-25/h1-14H,15H2,(H,27,29). The van der Waals surface area contributed by atoms with Crippen LogP contribution in [-0.4, -0.2) is 17.5 Å². The third-order valence-electron chi connectivity index (χ3n) is 4.88. The zero-order valence-corrected chi connectivity index (χ0v) is 17.1. The number of nitrogens with zero attached hydrogens (tertiary/aromatic N) is 1. The molecule has 5 aromatic rings. The van der Waals surface area contributed by atoms with E-state index in [2.05, 4.69) is 5.32 Å². The molecule has 5 rings (SSSR count). The van der Waals surface area contributed by atoms with Gasteiger partial charge in [-0.1, -0.05) is 60.1 Å². The molecule has 0 aliphatic heterocycles. The molecule has 0 radical (unpaired) electrons. The topological polar surface area (TPSA) is 64.4 Å². The number of fused-ring (bicyclic) bond motifs is 3. The highest BCUT2D eigenvalue weighted by molar-refractivity contribution is 6.30. The summed E-state index contributed by atoms with van der Waals surface area (Å²) < 4.78 is 11.5. The number of oxazole rings is 1. The second-order valence-corrected chi connectivity index (χ2v) is 7.43. The Bertz CT molecular complexity index is 1410. The number of hydrogen-bond acceptors (Lipinski definition) is 4. The van der Waals surface area contributed by atoms with Crippen LogP contribution in [0.25, 0.3) is 33.3 Å². The number of halogens is 1. The maximum absolute atomic E-state index is 12.5. The number of amides is 1. The normalized spacial score (nSPS) is 11.0. The van der Waals surface area contributed by atoms with E-state index in [1.54, 1.807) is 30.3 Å². The van der Waals surface area contributed by atoms with Crippen LogP contribution in [0.15, 0.2) is 89.3 Å². The molecule has 0 saturated carbocycles. The molecule has 0 aliphatic carbocycles. The van der Waals surface area contributed by atoms with Crippen LogP contribution in [0.5, 0.6) is 5.75 Å². The van der Waals surface area contributed by atoms with Crippen molar-refractivity contribution >= 4 is 45.1 Å². The quantitative estimate of drug-likeness (QED) is 0.356. The van der Waals surface area contributed by atoms with E-state index in [4.69, 9.17) is 25.7 Å². The maximum Gasteiger partial charge on any atom is 0.262 e. The highest BCUT2D eigenvalue weighted by atomic mass is 35.5. The number of carbonyl (C=O) groups is 1. The number of hydrogen-bond donors (Lipinski definition) is 1. The lowest BCUT2D eigenvalue weighted by atomic mass is 10.1. The van der Waals surface area contributed by atoms with E-state index >= 15 is 0 Å². The number of rotatable bonds is 5. The second-order valence-electron chi connectivity index (χ2n) is 6.99. The molecule has 0 atom stereocenters. The number of aromatic nitrogens is 1. The van der Waals surface area contributed by atoms with Crippen LogP contribution in [0.1, 0.15) is 0 Å². The fourth-order valence-electron chi connectivity index (χ4n) is 3.45. The van der Waals surface area contributed by atoms with Crippen molar-refractivity contribution in [2.45, 2.75) is 0 Å². The molecule has 5 nitrogen and oxygen atoms in total. The van der Waals surface area contributed by atoms with Gasteiger partial charge in [0, 0.05) is 10.4 Å². The summed E-state index contributed by atoms with van der Waals surface area (Å²) in [6, 6.07) is 26.2. The minimum Gasteiger partial charge on any atom is -0.484 e. The van der Waals surface area contributed by atoms with E-state index in [9.17, 15) is 4.79 Å². The molecule has 1 amide bonds. The molecule has 0 spiro atoms. The molecule has 4 aromatic carbocycles. The Morgan fingerprint density at radius 1 is 0.968 bits per heavy atom. The fraction of sp³-hybridized carbons (Fsp3) is 0.0400. The minimum absolute atomic E-state index is 0.146. The van der Waals surface area contributed by atoms with E-state index in [0.29, 0.717) is 33.5 Å². The van der Waals surface area contributed by atoms with Gasteiger partial charge in [0.25, 0.3) is 5.91 Å².